The molecule has 178 valence electrons. The monoisotopic (exact) mass is 460 g/mol. The number of rotatable bonds is 1. The molecule has 4 rings (SSSR count). The molecule has 4 aliphatic rings. The van der Waals surface area contributed by atoms with E-state index in [-0.39, 0.29) is 12.0 Å². The smallest absolute Gasteiger partial charge is 0.334 e. The summed E-state index contributed by atoms with van der Waals surface area (Å²) in [5, 5.41) is 51.4. The van der Waals surface area contributed by atoms with Gasteiger partial charge in [-0.3, -0.25) is 9.59 Å². The van der Waals surface area contributed by atoms with Gasteiger partial charge in [-0.25, -0.2) is 4.79 Å². The number of carbonyl (C=O) groups excluding carboxylic acids is 2. The van der Waals surface area contributed by atoms with Gasteiger partial charge in [0.25, 0.3) is 0 Å². The number of carboxylic acid groups (broad SMARTS) is 1. The summed E-state index contributed by atoms with van der Waals surface area (Å²) in [6.45, 7) is 0.753. The third-order valence-electron chi connectivity index (χ3n) is 6.40. The van der Waals surface area contributed by atoms with Crippen LogP contribution in [0.3, 0.4) is 0 Å². The maximum atomic E-state index is 12.2. The maximum absolute atomic E-state index is 12.2. The lowest BCUT2D eigenvalue weighted by molar-refractivity contribution is -0.347. The summed E-state index contributed by atoms with van der Waals surface area (Å²) in [5.41, 5.74) is -2.04. The van der Waals surface area contributed by atoms with Gasteiger partial charge in [0.1, 0.15) is 49.1 Å². The Balaban J connectivity index is 1.72. The van der Waals surface area contributed by atoms with Crippen LogP contribution in [0.4, 0.5) is 0 Å². The standard InChI is InChI=1S/C19H24O13/c1-19(27)9-2-6-7(16(25)26)4-29-17(12(6)19)32-18-15(24)14(23)13(22)8(30-18)5-28-10(20)3-11(21)31-9/h4,6,8-9,12-15,17-18,22-24,27H,2-3,5H2,1H3,(H,25,26)/t6?,8-,9+,12?,13-,14+,15-,17+,18+,19+/m1/s1. The van der Waals surface area contributed by atoms with E-state index in [1.54, 1.807) is 0 Å². The zero-order valence-electron chi connectivity index (χ0n) is 16.9. The first kappa shape index (κ1) is 22.9. The van der Waals surface area contributed by atoms with E-state index >= 15 is 0 Å². The molecule has 0 aromatic carbocycles. The summed E-state index contributed by atoms with van der Waals surface area (Å²) in [4.78, 5) is 35.9. The van der Waals surface area contributed by atoms with E-state index in [1.807, 2.05) is 0 Å². The number of fused-ring (bicyclic) bond motifs is 3. The predicted octanol–water partition coefficient (Wildman–Crippen LogP) is -2.62. The highest BCUT2D eigenvalue weighted by atomic mass is 16.8. The minimum atomic E-state index is -1.86. The minimum Gasteiger partial charge on any atom is -0.478 e. The Bertz CT molecular complexity index is 822. The van der Waals surface area contributed by atoms with Gasteiger partial charge in [0, 0.05) is 5.92 Å². The van der Waals surface area contributed by atoms with Gasteiger partial charge in [0.15, 0.2) is 6.29 Å². The SMILES string of the molecule is C[C@@]1(O)C2C3C[C@@H]1OC(=O)CC(=O)OC[C@H]1O[C@@H](O[C@@H]2OC=C3C(=O)O)[C@H](O)[C@@H](O)[C@@H]1O. The summed E-state index contributed by atoms with van der Waals surface area (Å²) in [6, 6.07) is 0. The molecule has 10 atom stereocenters. The van der Waals surface area contributed by atoms with Crippen molar-refractivity contribution >= 4 is 17.9 Å². The number of ether oxygens (including phenoxy) is 5. The van der Waals surface area contributed by atoms with Crippen LogP contribution in [0.1, 0.15) is 19.8 Å². The average Bonchev–Trinajstić information content (AvgIpc) is 2.97. The highest BCUT2D eigenvalue weighted by molar-refractivity contribution is 5.91. The number of aliphatic carboxylic acids is 1. The first-order valence-electron chi connectivity index (χ1n) is 10.0. The van der Waals surface area contributed by atoms with Gasteiger partial charge in [-0.2, -0.15) is 0 Å². The van der Waals surface area contributed by atoms with E-state index in [2.05, 4.69) is 0 Å². The zero-order valence-corrected chi connectivity index (χ0v) is 16.9. The van der Waals surface area contributed by atoms with Gasteiger partial charge in [-0.15, -0.1) is 0 Å². The molecule has 3 heterocycles. The van der Waals surface area contributed by atoms with Crippen molar-refractivity contribution in [3.8, 4) is 0 Å². The number of hydrogen-bond acceptors (Lipinski definition) is 12. The molecule has 0 amide bonds. The van der Waals surface area contributed by atoms with Crippen LogP contribution in [0.15, 0.2) is 11.8 Å². The van der Waals surface area contributed by atoms with Gasteiger partial charge in [0.05, 0.1) is 17.8 Å². The number of cyclic esters (lactones) is 1. The third-order valence-corrected chi connectivity index (χ3v) is 6.40. The molecular weight excluding hydrogens is 436 g/mol. The fourth-order valence-corrected chi connectivity index (χ4v) is 4.67. The molecule has 5 N–H and O–H groups in total. The highest BCUT2D eigenvalue weighted by Crippen LogP contribution is 2.50. The minimum absolute atomic E-state index is 0.0994. The van der Waals surface area contributed by atoms with Crippen LogP contribution in [0.5, 0.6) is 0 Å². The number of aliphatic hydroxyl groups is 4. The second-order valence-electron chi connectivity index (χ2n) is 8.47. The van der Waals surface area contributed by atoms with E-state index in [1.165, 1.54) is 6.92 Å². The van der Waals surface area contributed by atoms with Gasteiger partial charge in [-0.1, -0.05) is 0 Å². The summed E-state index contributed by atoms with van der Waals surface area (Å²) >= 11 is 0. The Morgan fingerprint density at radius 3 is 2.47 bits per heavy atom. The second kappa shape index (κ2) is 8.24. The molecule has 2 unspecified atom stereocenters. The van der Waals surface area contributed by atoms with Crippen LogP contribution >= 0.6 is 0 Å². The van der Waals surface area contributed by atoms with Crippen molar-refractivity contribution < 1.29 is 63.6 Å². The average molecular weight is 460 g/mol. The largest absolute Gasteiger partial charge is 0.478 e. The summed E-state index contributed by atoms with van der Waals surface area (Å²) < 4.78 is 26.7. The molecule has 4 bridgehead atoms. The van der Waals surface area contributed by atoms with Crippen molar-refractivity contribution in [3.05, 3.63) is 11.8 Å². The van der Waals surface area contributed by atoms with Gasteiger partial charge in [0.2, 0.25) is 6.29 Å². The van der Waals surface area contributed by atoms with Crippen LogP contribution in [0, 0.1) is 11.8 Å². The number of carboxylic acids is 1. The molecule has 13 nitrogen and oxygen atoms in total. The molecular formula is C19H24O13. The molecule has 0 aromatic rings. The van der Waals surface area contributed by atoms with E-state index in [0.717, 1.165) is 6.26 Å². The topological polar surface area (TPSA) is 199 Å². The van der Waals surface area contributed by atoms with Crippen LogP contribution in [-0.4, -0.2) is 98.7 Å². The first-order chi connectivity index (χ1) is 15.0. The first-order valence-corrected chi connectivity index (χ1v) is 10.0. The zero-order chi connectivity index (χ0) is 23.4. The molecule has 1 aliphatic carbocycles. The van der Waals surface area contributed by atoms with Crippen molar-refractivity contribution in [1.29, 1.82) is 0 Å². The third kappa shape index (κ3) is 3.84. The fraction of sp³-hybridized carbons (Fsp3) is 0.737. The van der Waals surface area contributed by atoms with Crippen LogP contribution < -0.4 is 0 Å². The number of aliphatic hydroxyl groups excluding tert-OH is 3. The molecule has 0 radical (unpaired) electrons. The Hall–Kier alpha value is -2.29. The van der Waals surface area contributed by atoms with Gasteiger partial charge >= 0.3 is 17.9 Å². The Morgan fingerprint density at radius 1 is 1.06 bits per heavy atom. The lowest BCUT2D eigenvalue weighted by Gasteiger charge is -2.44. The molecule has 0 aromatic heterocycles. The Kier molecular flexibility index (Phi) is 5.90. The summed E-state index contributed by atoms with van der Waals surface area (Å²) in [5.74, 6) is -5.28. The quantitative estimate of drug-likeness (QED) is 0.201. The number of carbonyl (C=O) groups is 3. The maximum Gasteiger partial charge on any atom is 0.334 e. The second-order valence-corrected chi connectivity index (χ2v) is 8.47. The molecule has 1 saturated carbocycles. The van der Waals surface area contributed by atoms with Crippen molar-refractivity contribution in [2.24, 2.45) is 11.8 Å². The molecule has 0 spiro atoms. The summed E-state index contributed by atoms with van der Waals surface area (Å²) in [6.07, 6.45) is -10.6. The van der Waals surface area contributed by atoms with Crippen molar-refractivity contribution in [3.63, 3.8) is 0 Å². The Labute approximate surface area is 181 Å². The van der Waals surface area contributed by atoms with Gasteiger partial charge in [-0.05, 0) is 13.3 Å². The molecule has 13 heteroatoms. The lowest BCUT2D eigenvalue weighted by Crippen LogP contribution is -2.61. The van der Waals surface area contributed by atoms with E-state index in [4.69, 9.17) is 23.7 Å². The van der Waals surface area contributed by atoms with E-state index in [9.17, 15) is 39.9 Å². The van der Waals surface area contributed by atoms with E-state index in [0.29, 0.717) is 0 Å². The fourth-order valence-electron chi connectivity index (χ4n) is 4.67. The number of hydrogen-bond donors (Lipinski definition) is 5. The van der Waals surface area contributed by atoms with Crippen molar-refractivity contribution in [2.75, 3.05) is 6.61 Å². The van der Waals surface area contributed by atoms with Gasteiger partial charge < -0.3 is 49.2 Å². The van der Waals surface area contributed by atoms with Crippen molar-refractivity contribution in [2.45, 2.75) is 68.5 Å². The molecule has 32 heavy (non-hydrogen) atoms. The van der Waals surface area contributed by atoms with Crippen LogP contribution in [0.25, 0.3) is 0 Å². The lowest BCUT2D eigenvalue weighted by atomic mass is 9.81. The highest BCUT2D eigenvalue weighted by Gasteiger charge is 2.61. The van der Waals surface area contributed by atoms with Crippen LogP contribution in [-0.2, 0) is 38.1 Å². The normalized spacial score (nSPS) is 46.8. The number of esters is 2. The predicted molar refractivity (Wildman–Crippen MR) is 96.0 cm³/mol. The summed E-state index contributed by atoms with van der Waals surface area (Å²) in [7, 11) is 0. The Morgan fingerprint density at radius 2 is 1.78 bits per heavy atom. The van der Waals surface area contributed by atoms with Crippen molar-refractivity contribution in [1.82, 2.24) is 0 Å². The molecule has 3 fully saturated rings. The van der Waals surface area contributed by atoms with E-state index < -0.39 is 91.5 Å². The van der Waals surface area contributed by atoms with Crippen LogP contribution in [0.2, 0.25) is 0 Å². The molecule has 2 saturated heterocycles. The molecule has 3 aliphatic heterocycles.